The molecule has 2 heteroatoms. The van der Waals surface area contributed by atoms with Gasteiger partial charge >= 0.3 is 0 Å². The topological polar surface area (TPSA) is 0 Å². The molecule has 0 spiro atoms. The smallest absolute Gasteiger partial charge is 0.0263 e. The molecule has 2 aliphatic rings. The van der Waals surface area contributed by atoms with E-state index in [0.717, 1.165) is 0 Å². The zero-order valence-corrected chi connectivity index (χ0v) is 19.0. The normalized spacial score (nSPS) is 16.5. The van der Waals surface area contributed by atoms with Crippen LogP contribution in [-0.2, 0) is 25.7 Å². The first-order chi connectivity index (χ1) is 13.7. The Labute approximate surface area is 182 Å². The third kappa shape index (κ3) is 2.47. The summed E-state index contributed by atoms with van der Waals surface area (Å²) in [6.45, 7) is 0. The quantitative estimate of drug-likeness (QED) is 0.215. The zero-order valence-electron chi connectivity index (χ0n) is 15.9. The summed E-state index contributed by atoms with van der Waals surface area (Å²) < 4.78 is 2.52. The van der Waals surface area contributed by atoms with E-state index >= 15 is 0 Å². The Morgan fingerprint density at radius 1 is 0.500 bits per heavy atom. The number of hydrogen-bond acceptors (Lipinski definition) is 0. The van der Waals surface area contributed by atoms with Crippen LogP contribution in [0.4, 0.5) is 0 Å². The van der Waals surface area contributed by atoms with Crippen LogP contribution >= 0.6 is 31.9 Å². The Balaban J connectivity index is 1.77. The fourth-order valence-corrected chi connectivity index (χ4v) is 7.01. The highest BCUT2D eigenvalue weighted by Crippen LogP contribution is 2.44. The average molecular weight is 494 g/mol. The van der Waals surface area contributed by atoms with Gasteiger partial charge in [-0.15, -0.1) is 0 Å². The summed E-state index contributed by atoms with van der Waals surface area (Å²) in [6, 6.07) is 14.3. The van der Waals surface area contributed by atoms with E-state index < -0.39 is 0 Å². The molecule has 0 nitrogen and oxygen atoms in total. The van der Waals surface area contributed by atoms with E-state index in [2.05, 4.69) is 68.3 Å². The van der Waals surface area contributed by atoms with Crippen molar-refractivity contribution < 1.29 is 0 Å². The summed E-state index contributed by atoms with van der Waals surface area (Å²) >= 11 is 7.93. The van der Waals surface area contributed by atoms with Gasteiger partial charge in [0.2, 0.25) is 0 Å². The maximum Gasteiger partial charge on any atom is 0.0263 e. The maximum absolute atomic E-state index is 3.96. The molecular weight excluding hydrogens is 472 g/mol. The third-order valence-corrected chi connectivity index (χ3v) is 8.21. The van der Waals surface area contributed by atoms with E-state index in [-0.39, 0.29) is 0 Å². The molecule has 6 rings (SSSR count). The largest absolute Gasteiger partial charge is 0.0581 e. The van der Waals surface area contributed by atoms with Crippen molar-refractivity contribution in [2.24, 2.45) is 0 Å². The van der Waals surface area contributed by atoms with Gasteiger partial charge in [0, 0.05) is 8.95 Å². The highest BCUT2D eigenvalue weighted by atomic mass is 79.9. The van der Waals surface area contributed by atoms with Crippen molar-refractivity contribution in [1.29, 1.82) is 0 Å². The molecule has 4 aromatic carbocycles. The molecular formula is C26H22Br2. The molecule has 140 valence electrons. The van der Waals surface area contributed by atoms with Gasteiger partial charge in [0.1, 0.15) is 0 Å². The zero-order chi connectivity index (χ0) is 18.8. The molecule has 28 heavy (non-hydrogen) atoms. The summed E-state index contributed by atoms with van der Waals surface area (Å²) in [6.07, 6.45) is 10.1. The van der Waals surface area contributed by atoms with Gasteiger partial charge in [-0.2, -0.15) is 0 Å². The second-order valence-corrected chi connectivity index (χ2v) is 10.2. The number of hydrogen-bond donors (Lipinski definition) is 0. The summed E-state index contributed by atoms with van der Waals surface area (Å²) in [5, 5.41) is 8.42. The standard InChI is InChI=1S/C26H22Br2/c27-23-13-22-20-12-10-16-6-2-4-8-18(16)26(20)24(28)14-21(22)19-11-9-15-5-1-3-7-17(15)25(19)23/h9-14H,1-8H2. The van der Waals surface area contributed by atoms with E-state index in [0.29, 0.717) is 0 Å². The van der Waals surface area contributed by atoms with Crippen LogP contribution in [-0.4, -0.2) is 0 Å². The summed E-state index contributed by atoms with van der Waals surface area (Å²) in [5.74, 6) is 0. The SMILES string of the molecule is Brc1cc2c3ccc4c(c3c(Br)cc2c2ccc3c(c12)CCCC3)CCCC4. The van der Waals surface area contributed by atoms with Crippen molar-refractivity contribution in [2.45, 2.75) is 51.4 Å². The number of aryl methyl sites for hydroxylation is 4. The third-order valence-electron chi connectivity index (χ3n) is 6.96. The summed E-state index contributed by atoms with van der Waals surface area (Å²) in [7, 11) is 0. The van der Waals surface area contributed by atoms with Crippen LogP contribution in [0, 0.1) is 0 Å². The molecule has 0 bridgehead atoms. The Morgan fingerprint density at radius 2 is 0.929 bits per heavy atom. The predicted molar refractivity (Wildman–Crippen MR) is 128 cm³/mol. The lowest BCUT2D eigenvalue weighted by molar-refractivity contribution is 0.690. The lowest BCUT2D eigenvalue weighted by Gasteiger charge is -2.22. The van der Waals surface area contributed by atoms with Crippen molar-refractivity contribution in [3.63, 3.8) is 0 Å². The van der Waals surface area contributed by atoms with E-state index in [1.54, 1.807) is 22.3 Å². The van der Waals surface area contributed by atoms with Crippen LogP contribution in [0.15, 0.2) is 45.3 Å². The molecule has 0 unspecified atom stereocenters. The first-order valence-corrected chi connectivity index (χ1v) is 12.1. The first kappa shape index (κ1) is 17.5. The fourth-order valence-electron chi connectivity index (χ4n) is 5.65. The fraction of sp³-hybridized carbons (Fsp3) is 0.308. The second kappa shape index (κ2) is 6.57. The molecule has 0 saturated carbocycles. The molecule has 0 N–H and O–H groups in total. The summed E-state index contributed by atoms with van der Waals surface area (Å²) in [5.41, 5.74) is 6.24. The number of fused-ring (bicyclic) bond motifs is 9. The van der Waals surface area contributed by atoms with Gasteiger partial charge in [0.25, 0.3) is 0 Å². The molecule has 0 atom stereocenters. The molecule has 0 amide bonds. The number of benzene rings is 4. The minimum Gasteiger partial charge on any atom is -0.0581 e. The van der Waals surface area contributed by atoms with Gasteiger partial charge in [-0.05, 0) is 118 Å². The van der Waals surface area contributed by atoms with E-state index in [4.69, 9.17) is 0 Å². The highest BCUT2D eigenvalue weighted by Gasteiger charge is 2.20. The van der Waals surface area contributed by atoms with Crippen LogP contribution in [0.1, 0.15) is 47.9 Å². The lowest BCUT2D eigenvalue weighted by atomic mass is 9.84. The second-order valence-electron chi connectivity index (χ2n) is 8.48. The minimum absolute atomic E-state index is 1.21. The molecule has 2 aliphatic carbocycles. The van der Waals surface area contributed by atoms with Crippen LogP contribution in [0.5, 0.6) is 0 Å². The van der Waals surface area contributed by atoms with E-state index in [1.807, 2.05) is 0 Å². The van der Waals surface area contributed by atoms with Gasteiger partial charge in [-0.3, -0.25) is 0 Å². The predicted octanol–water partition coefficient (Wildman–Crippen LogP) is 8.43. The monoisotopic (exact) mass is 492 g/mol. The van der Waals surface area contributed by atoms with Gasteiger partial charge in [0.05, 0.1) is 0 Å². The van der Waals surface area contributed by atoms with Crippen molar-refractivity contribution >= 4 is 64.2 Å². The Morgan fingerprint density at radius 3 is 1.39 bits per heavy atom. The highest BCUT2D eigenvalue weighted by molar-refractivity contribution is 9.11. The Hall–Kier alpha value is -1.38. The van der Waals surface area contributed by atoms with Gasteiger partial charge in [-0.25, -0.2) is 0 Å². The van der Waals surface area contributed by atoms with Crippen molar-refractivity contribution in [3.05, 3.63) is 67.6 Å². The number of halogens is 2. The molecule has 0 radical (unpaired) electrons. The van der Waals surface area contributed by atoms with Crippen LogP contribution in [0.2, 0.25) is 0 Å². The van der Waals surface area contributed by atoms with E-state index in [1.165, 1.54) is 92.6 Å². The van der Waals surface area contributed by atoms with Gasteiger partial charge in [0.15, 0.2) is 0 Å². The van der Waals surface area contributed by atoms with Crippen LogP contribution in [0.25, 0.3) is 32.3 Å². The molecule has 4 aromatic rings. The lowest BCUT2D eigenvalue weighted by Crippen LogP contribution is -2.04. The first-order valence-electron chi connectivity index (χ1n) is 10.5. The minimum atomic E-state index is 1.21. The molecule has 0 aromatic heterocycles. The average Bonchev–Trinajstić information content (AvgIpc) is 2.73. The maximum atomic E-state index is 3.96. The Kier molecular flexibility index (Phi) is 4.10. The number of rotatable bonds is 0. The van der Waals surface area contributed by atoms with Crippen molar-refractivity contribution in [1.82, 2.24) is 0 Å². The molecule has 0 fully saturated rings. The van der Waals surface area contributed by atoms with Gasteiger partial charge < -0.3 is 0 Å². The molecule has 0 aliphatic heterocycles. The van der Waals surface area contributed by atoms with Crippen LogP contribution in [0.3, 0.4) is 0 Å². The van der Waals surface area contributed by atoms with Crippen molar-refractivity contribution in [3.8, 4) is 0 Å². The molecule has 0 saturated heterocycles. The Bertz CT molecular complexity index is 1180. The van der Waals surface area contributed by atoms with Gasteiger partial charge in [-0.1, -0.05) is 56.1 Å². The van der Waals surface area contributed by atoms with Crippen molar-refractivity contribution in [2.75, 3.05) is 0 Å². The summed E-state index contributed by atoms with van der Waals surface area (Å²) in [4.78, 5) is 0. The van der Waals surface area contributed by atoms with E-state index in [9.17, 15) is 0 Å². The molecule has 0 heterocycles. The van der Waals surface area contributed by atoms with Crippen LogP contribution < -0.4 is 0 Å².